The molecule has 1 aromatic carbocycles. The summed E-state index contributed by atoms with van der Waals surface area (Å²) in [7, 11) is 0. The van der Waals surface area contributed by atoms with Gasteiger partial charge in [0.15, 0.2) is 0 Å². The number of hydrogen-bond donors (Lipinski definition) is 1. The molecule has 1 N–H and O–H groups in total. The van der Waals surface area contributed by atoms with Gasteiger partial charge in [-0.2, -0.15) is 0 Å². The summed E-state index contributed by atoms with van der Waals surface area (Å²) in [5.41, 5.74) is 3.24. The van der Waals surface area contributed by atoms with Crippen LogP contribution in [-0.2, 0) is 6.42 Å². The molecule has 0 amide bonds. The Hall–Kier alpha value is -0.820. The lowest BCUT2D eigenvalue weighted by Gasteiger charge is -2.30. The molecule has 0 spiro atoms. The van der Waals surface area contributed by atoms with Crippen molar-refractivity contribution in [2.75, 3.05) is 6.54 Å². The first kappa shape index (κ1) is 16.2. The van der Waals surface area contributed by atoms with E-state index in [9.17, 15) is 0 Å². The molecule has 0 aliphatic heterocycles. The molecule has 0 saturated carbocycles. The van der Waals surface area contributed by atoms with E-state index in [1.807, 2.05) is 0 Å². The van der Waals surface area contributed by atoms with Crippen LogP contribution in [0.3, 0.4) is 0 Å². The smallest absolute Gasteiger partial charge is 0.00106 e. The van der Waals surface area contributed by atoms with Gasteiger partial charge in [0.25, 0.3) is 0 Å². The molecule has 19 heavy (non-hydrogen) atoms. The Labute approximate surface area is 119 Å². The van der Waals surface area contributed by atoms with Crippen molar-refractivity contribution < 1.29 is 0 Å². The van der Waals surface area contributed by atoms with Crippen LogP contribution in [0, 0.1) is 5.41 Å². The lowest BCUT2D eigenvalue weighted by molar-refractivity contribution is 0.281. The zero-order valence-electron chi connectivity index (χ0n) is 13.6. The Balaban J connectivity index is 2.69. The molecule has 0 aliphatic rings. The molecule has 0 radical (unpaired) electrons. The van der Waals surface area contributed by atoms with Gasteiger partial charge >= 0.3 is 0 Å². The van der Waals surface area contributed by atoms with Gasteiger partial charge in [-0.25, -0.2) is 0 Å². The molecule has 1 heteroatoms. The first-order valence-corrected chi connectivity index (χ1v) is 7.68. The number of hydrogen-bond acceptors (Lipinski definition) is 1. The lowest BCUT2D eigenvalue weighted by atomic mass is 9.80. The van der Waals surface area contributed by atoms with E-state index in [2.05, 4.69) is 71.1 Å². The fourth-order valence-corrected chi connectivity index (χ4v) is 2.28. The standard InChI is InChI=1S/C18H31N/c1-7-18(6,13-19-15(4)5)12-16-8-10-17(11-9-16)14(2)3/h8-11,14-15,19H,7,12-13H2,1-6H3. The fraction of sp³-hybridized carbons (Fsp3) is 0.667. The van der Waals surface area contributed by atoms with E-state index in [0.717, 1.165) is 13.0 Å². The maximum atomic E-state index is 3.59. The van der Waals surface area contributed by atoms with Crippen LogP contribution in [0.15, 0.2) is 24.3 Å². The summed E-state index contributed by atoms with van der Waals surface area (Å²) < 4.78 is 0. The van der Waals surface area contributed by atoms with Crippen LogP contribution < -0.4 is 5.32 Å². The van der Waals surface area contributed by atoms with Gasteiger partial charge < -0.3 is 5.32 Å². The van der Waals surface area contributed by atoms with E-state index in [-0.39, 0.29) is 0 Å². The van der Waals surface area contributed by atoms with Gasteiger partial charge in [0, 0.05) is 12.6 Å². The Kier molecular flexibility index (Phi) is 6.06. The molecule has 1 atom stereocenters. The minimum Gasteiger partial charge on any atom is -0.314 e. The Morgan fingerprint density at radius 2 is 1.63 bits per heavy atom. The Morgan fingerprint density at radius 3 is 2.05 bits per heavy atom. The maximum Gasteiger partial charge on any atom is 0.00106 e. The molecule has 108 valence electrons. The summed E-state index contributed by atoms with van der Waals surface area (Å²) in [6.45, 7) is 14.7. The molecule has 0 aliphatic carbocycles. The second-order valence-corrected chi connectivity index (χ2v) is 6.77. The second kappa shape index (κ2) is 7.09. The van der Waals surface area contributed by atoms with Crippen molar-refractivity contribution in [2.45, 2.75) is 66.3 Å². The second-order valence-electron chi connectivity index (χ2n) is 6.77. The summed E-state index contributed by atoms with van der Waals surface area (Å²) >= 11 is 0. The highest BCUT2D eigenvalue weighted by Gasteiger charge is 2.22. The fourth-order valence-electron chi connectivity index (χ4n) is 2.28. The molecule has 1 aromatic rings. The van der Waals surface area contributed by atoms with Crippen molar-refractivity contribution >= 4 is 0 Å². The van der Waals surface area contributed by atoms with Crippen LogP contribution in [0.25, 0.3) is 0 Å². The van der Waals surface area contributed by atoms with Gasteiger partial charge in [-0.3, -0.25) is 0 Å². The van der Waals surface area contributed by atoms with Gasteiger partial charge in [-0.1, -0.05) is 65.8 Å². The van der Waals surface area contributed by atoms with E-state index in [0.29, 0.717) is 17.4 Å². The van der Waals surface area contributed by atoms with Gasteiger partial charge in [0.05, 0.1) is 0 Å². The summed E-state index contributed by atoms with van der Waals surface area (Å²) in [4.78, 5) is 0. The van der Waals surface area contributed by atoms with Crippen LogP contribution in [0.5, 0.6) is 0 Å². The maximum absolute atomic E-state index is 3.59. The van der Waals surface area contributed by atoms with Crippen LogP contribution >= 0.6 is 0 Å². The summed E-state index contributed by atoms with van der Waals surface area (Å²) in [5, 5.41) is 3.59. The van der Waals surface area contributed by atoms with Gasteiger partial charge in [-0.05, 0) is 35.3 Å². The average Bonchev–Trinajstić information content (AvgIpc) is 2.37. The Bertz CT molecular complexity index is 364. The third-order valence-electron chi connectivity index (χ3n) is 4.07. The first-order valence-electron chi connectivity index (χ1n) is 7.68. The number of rotatable bonds is 7. The van der Waals surface area contributed by atoms with Gasteiger partial charge in [0.1, 0.15) is 0 Å². The van der Waals surface area contributed by atoms with Crippen molar-refractivity contribution in [1.29, 1.82) is 0 Å². The van der Waals surface area contributed by atoms with Crippen molar-refractivity contribution in [3.05, 3.63) is 35.4 Å². The van der Waals surface area contributed by atoms with Crippen LogP contribution in [0.4, 0.5) is 0 Å². The lowest BCUT2D eigenvalue weighted by Crippen LogP contribution is -2.36. The molecule has 0 bridgehead atoms. The predicted molar refractivity (Wildman–Crippen MR) is 85.8 cm³/mol. The molecule has 0 saturated heterocycles. The predicted octanol–water partition coefficient (Wildman–Crippen LogP) is 4.77. The number of nitrogens with one attached hydrogen (secondary N) is 1. The molecule has 1 unspecified atom stereocenters. The van der Waals surface area contributed by atoms with E-state index >= 15 is 0 Å². The third kappa shape index (κ3) is 5.36. The summed E-state index contributed by atoms with van der Waals surface area (Å²) in [6, 6.07) is 9.74. The van der Waals surface area contributed by atoms with Gasteiger partial charge in [0.2, 0.25) is 0 Å². The molecule has 1 rings (SSSR count). The topological polar surface area (TPSA) is 12.0 Å². The van der Waals surface area contributed by atoms with Crippen molar-refractivity contribution in [3.63, 3.8) is 0 Å². The zero-order valence-corrected chi connectivity index (χ0v) is 13.6. The SMILES string of the molecule is CCC(C)(CNC(C)C)Cc1ccc(C(C)C)cc1. The first-order chi connectivity index (χ1) is 8.86. The van der Waals surface area contributed by atoms with Crippen LogP contribution in [0.2, 0.25) is 0 Å². The van der Waals surface area contributed by atoms with Crippen LogP contribution in [-0.4, -0.2) is 12.6 Å². The minimum atomic E-state index is 0.351. The highest BCUT2D eigenvalue weighted by molar-refractivity contribution is 5.25. The van der Waals surface area contributed by atoms with Crippen molar-refractivity contribution in [1.82, 2.24) is 5.32 Å². The zero-order chi connectivity index (χ0) is 14.5. The third-order valence-corrected chi connectivity index (χ3v) is 4.07. The van der Waals surface area contributed by atoms with E-state index in [4.69, 9.17) is 0 Å². The molecular weight excluding hydrogens is 230 g/mol. The molecule has 0 fully saturated rings. The molecule has 1 nitrogen and oxygen atoms in total. The number of benzene rings is 1. The monoisotopic (exact) mass is 261 g/mol. The highest BCUT2D eigenvalue weighted by Crippen LogP contribution is 2.26. The van der Waals surface area contributed by atoms with Crippen molar-refractivity contribution in [2.24, 2.45) is 5.41 Å². The van der Waals surface area contributed by atoms with E-state index in [1.54, 1.807) is 0 Å². The normalized spacial score (nSPS) is 14.9. The molecular formula is C18H31N. The van der Waals surface area contributed by atoms with E-state index < -0.39 is 0 Å². The quantitative estimate of drug-likeness (QED) is 0.745. The summed E-state index contributed by atoms with van der Waals surface area (Å²) in [6.07, 6.45) is 2.36. The van der Waals surface area contributed by atoms with Crippen LogP contribution in [0.1, 0.15) is 65.0 Å². The largest absolute Gasteiger partial charge is 0.314 e. The average molecular weight is 261 g/mol. The van der Waals surface area contributed by atoms with Gasteiger partial charge in [-0.15, -0.1) is 0 Å². The van der Waals surface area contributed by atoms with E-state index in [1.165, 1.54) is 17.5 Å². The molecule has 0 heterocycles. The highest BCUT2D eigenvalue weighted by atomic mass is 14.9. The minimum absolute atomic E-state index is 0.351. The molecule has 0 aromatic heterocycles. The Morgan fingerprint density at radius 1 is 1.05 bits per heavy atom. The summed E-state index contributed by atoms with van der Waals surface area (Å²) in [5.74, 6) is 0.620. The van der Waals surface area contributed by atoms with Crippen molar-refractivity contribution in [3.8, 4) is 0 Å².